The minimum Gasteiger partial charge on any atom is -0.275 e. The van der Waals surface area contributed by atoms with Crippen LogP contribution in [0, 0.1) is 22.7 Å². The maximum Gasteiger partial charge on any atom is 0.273 e. The molecule has 0 fully saturated rings. The Morgan fingerprint density at radius 1 is 1.35 bits per heavy atom. The van der Waals surface area contributed by atoms with Crippen LogP contribution in [-0.2, 0) is 13.5 Å². The van der Waals surface area contributed by atoms with E-state index in [1.54, 1.807) is 36.3 Å². The highest BCUT2D eigenvalue weighted by Gasteiger charge is 2.11. The smallest absolute Gasteiger partial charge is 0.273 e. The van der Waals surface area contributed by atoms with E-state index in [4.69, 9.17) is 0 Å². The molecule has 128 valence electrons. The Balaban J connectivity index is 2.39. The lowest BCUT2D eigenvalue weighted by molar-refractivity contribution is 0.767. The SMILES string of the molecule is CCc1cccc(-n2c(=C(C#N)C#N)sc(=Cc3cnn(C)c3)c2=O)c1. The van der Waals surface area contributed by atoms with Crippen LogP contribution in [0.5, 0.6) is 0 Å². The fourth-order valence-electron chi connectivity index (χ4n) is 2.59. The molecule has 2 aromatic heterocycles. The van der Waals surface area contributed by atoms with Crippen LogP contribution in [0.3, 0.4) is 0 Å². The largest absolute Gasteiger partial charge is 0.275 e. The molecule has 0 N–H and O–H groups in total. The lowest BCUT2D eigenvalue weighted by Gasteiger charge is -2.04. The zero-order valence-corrected chi connectivity index (χ0v) is 15.1. The first-order valence-electron chi connectivity index (χ1n) is 7.93. The Bertz CT molecular complexity index is 1210. The summed E-state index contributed by atoms with van der Waals surface area (Å²) in [5.74, 6) is 0. The van der Waals surface area contributed by atoms with Crippen LogP contribution in [0.15, 0.2) is 41.5 Å². The van der Waals surface area contributed by atoms with Gasteiger partial charge in [-0.2, -0.15) is 15.6 Å². The average Bonchev–Trinajstić information content (AvgIpc) is 3.20. The second kappa shape index (κ2) is 7.22. The van der Waals surface area contributed by atoms with Crippen molar-refractivity contribution < 1.29 is 0 Å². The van der Waals surface area contributed by atoms with Crippen molar-refractivity contribution in [2.45, 2.75) is 13.3 Å². The van der Waals surface area contributed by atoms with Gasteiger partial charge in [0.05, 0.1) is 16.4 Å². The van der Waals surface area contributed by atoms with E-state index in [2.05, 4.69) is 5.10 Å². The van der Waals surface area contributed by atoms with Gasteiger partial charge in [0.2, 0.25) is 0 Å². The first kappa shape index (κ1) is 17.4. The molecule has 0 aliphatic carbocycles. The fourth-order valence-corrected chi connectivity index (χ4v) is 3.64. The molecular formula is C19H15N5OS. The molecule has 0 bridgehead atoms. The summed E-state index contributed by atoms with van der Waals surface area (Å²) >= 11 is 1.13. The summed E-state index contributed by atoms with van der Waals surface area (Å²) in [5.41, 5.74) is 2.15. The van der Waals surface area contributed by atoms with Crippen LogP contribution >= 0.6 is 11.3 Å². The predicted molar refractivity (Wildman–Crippen MR) is 100.0 cm³/mol. The maximum absolute atomic E-state index is 13.0. The molecule has 0 spiro atoms. The molecule has 0 aliphatic rings. The molecule has 2 heterocycles. The Kier molecular flexibility index (Phi) is 4.83. The molecule has 0 unspecified atom stereocenters. The van der Waals surface area contributed by atoms with Gasteiger partial charge in [0.15, 0.2) is 5.57 Å². The van der Waals surface area contributed by atoms with Crippen molar-refractivity contribution in [2.75, 3.05) is 0 Å². The molecule has 0 saturated heterocycles. The standard InChI is InChI=1S/C19H15N5OS/c1-3-13-5-4-6-16(7-13)24-18(25)17(8-14-11-22-23(2)12-14)26-19(24)15(9-20)10-21/h4-8,11-12H,3H2,1-2H3. The van der Waals surface area contributed by atoms with E-state index >= 15 is 0 Å². The van der Waals surface area contributed by atoms with Gasteiger partial charge in [0.25, 0.3) is 5.56 Å². The molecule has 0 amide bonds. The number of aromatic nitrogens is 3. The van der Waals surface area contributed by atoms with Crippen LogP contribution in [0.25, 0.3) is 17.3 Å². The zero-order chi connectivity index (χ0) is 18.7. The van der Waals surface area contributed by atoms with Gasteiger partial charge < -0.3 is 0 Å². The van der Waals surface area contributed by atoms with E-state index in [0.717, 1.165) is 28.9 Å². The van der Waals surface area contributed by atoms with Crippen molar-refractivity contribution in [3.63, 3.8) is 0 Å². The molecule has 3 aromatic rings. The van der Waals surface area contributed by atoms with Crippen molar-refractivity contribution in [1.29, 1.82) is 10.5 Å². The second-order valence-electron chi connectivity index (χ2n) is 5.63. The number of hydrogen-bond acceptors (Lipinski definition) is 5. The molecule has 6 nitrogen and oxygen atoms in total. The van der Waals surface area contributed by atoms with E-state index in [1.165, 1.54) is 4.57 Å². The van der Waals surface area contributed by atoms with E-state index in [0.29, 0.717) is 14.9 Å². The summed E-state index contributed by atoms with van der Waals surface area (Å²) in [4.78, 5) is 13.0. The van der Waals surface area contributed by atoms with Crippen LogP contribution in [0.4, 0.5) is 0 Å². The number of benzene rings is 1. The lowest BCUT2D eigenvalue weighted by Crippen LogP contribution is -2.30. The molecule has 1 aromatic carbocycles. The molecule has 0 radical (unpaired) electrons. The van der Waals surface area contributed by atoms with E-state index in [1.807, 2.05) is 37.3 Å². The highest BCUT2D eigenvalue weighted by molar-refractivity contribution is 7.07. The molecule has 26 heavy (non-hydrogen) atoms. The van der Waals surface area contributed by atoms with Gasteiger partial charge in [0.1, 0.15) is 16.8 Å². The quantitative estimate of drug-likeness (QED) is 0.702. The molecule has 7 heteroatoms. The number of nitrogens with zero attached hydrogens (tertiary/aromatic N) is 5. The average molecular weight is 361 g/mol. The molecule has 0 aliphatic heterocycles. The molecule has 0 saturated carbocycles. The van der Waals surface area contributed by atoms with E-state index in [-0.39, 0.29) is 11.1 Å². The summed E-state index contributed by atoms with van der Waals surface area (Å²) < 4.78 is 3.86. The lowest BCUT2D eigenvalue weighted by atomic mass is 10.1. The highest BCUT2D eigenvalue weighted by Crippen LogP contribution is 2.09. The van der Waals surface area contributed by atoms with Gasteiger partial charge in [-0.05, 0) is 30.2 Å². The Morgan fingerprint density at radius 2 is 2.12 bits per heavy atom. The number of thiazole rings is 1. The molecule has 0 atom stereocenters. The van der Waals surface area contributed by atoms with Crippen LogP contribution in [-0.4, -0.2) is 14.3 Å². The van der Waals surface area contributed by atoms with Gasteiger partial charge in [-0.15, -0.1) is 11.3 Å². The second-order valence-corrected chi connectivity index (χ2v) is 6.66. The fraction of sp³-hybridized carbons (Fsp3) is 0.158. The summed E-state index contributed by atoms with van der Waals surface area (Å²) in [5, 5.41) is 22.7. The van der Waals surface area contributed by atoms with Crippen molar-refractivity contribution in [1.82, 2.24) is 14.3 Å². The molecular weight excluding hydrogens is 346 g/mol. The number of nitriles is 2. The van der Waals surface area contributed by atoms with Gasteiger partial charge in [-0.3, -0.25) is 14.0 Å². The first-order chi connectivity index (χ1) is 12.6. The highest BCUT2D eigenvalue weighted by atomic mass is 32.1. The molecule has 3 rings (SSSR count). The predicted octanol–water partition coefficient (Wildman–Crippen LogP) is 1.22. The number of hydrogen-bond donors (Lipinski definition) is 0. The third-order valence-corrected chi connectivity index (χ3v) is 4.95. The summed E-state index contributed by atoms with van der Waals surface area (Å²) in [6.07, 6.45) is 5.99. The monoisotopic (exact) mass is 361 g/mol. The van der Waals surface area contributed by atoms with Gasteiger partial charge in [0, 0.05) is 18.8 Å². The minimum atomic E-state index is -0.259. The van der Waals surface area contributed by atoms with E-state index in [9.17, 15) is 15.3 Å². The summed E-state index contributed by atoms with van der Waals surface area (Å²) in [7, 11) is 1.79. The van der Waals surface area contributed by atoms with Gasteiger partial charge in [-0.1, -0.05) is 19.1 Å². The van der Waals surface area contributed by atoms with Crippen molar-refractivity contribution in [3.8, 4) is 17.8 Å². The summed E-state index contributed by atoms with van der Waals surface area (Å²) in [6.45, 7) is 2.03. The van der Waals surface area contributed by atoms with Crippen LogP contribution in [0.1, 0.15) is 18.1 Å². The first-order valence-corrected chi connectivity index (χ1v) is 8.75. The van der Waals surface area contributed by atoms with Crippen LogP contribution in [0.2, 0.25) is 0 Å². The van der Waals surface area contributed by atoms with Gasteiger partial charge in [-0.25, -0.2) is 0 Å². The Labute approximate surface area is 153 Å². The number of aryl methyl sites for hydroxylation is 2. The third-order valence-electron chi connectivity index (χ3n) is 3.86. The van der Waals surface area contributed by atoms with Gasteiger partial charge >= 0.3 is 0 Å². The van der Waals surface area contributed by atoms with Crippen LogP contribution < -0.4 is 14.8 Å². The summed E-state index contributed by atoms with van der Waals surface area (Å²) in [6, 6.07) is 11.3. The normalized spacial score (nSPS) is 11.2. The Morgan fingerprint density at radius 3 is 2.73 bits per heavy atom. The number of rotatable bonds is 3. The third kappa shape index (κ3) is 3.21. The van der Waals surface area contributed by atoms with Crippen molar-refractivity contribution in [3.05, 3.63) is 67.3 Å². The zero-order valence-electron chi connectivity index (χ0n) is 14.3. The topological polar surface area (TPSA) is 87.4 Å². The minimum absolute atomic E-state index is 0.0835. The maximum atomic E-state index is 13.0. The van der Waals surface area contributed by atoms with Crippen molar-refractivity contribution >= 4 is 23.0 Å². The van der Waals surface area contributed by atoms with Crippen molar-refractivity contribution in [2.24, 2.45) is 7.05 Å². The Hall–Kier alpha value is -3.42. The van der Waals surface area contributed by atoms with E-state index < -0.39 is 0 Å².